The zero-order chi connectivity index (χ0) is 10.6. The Morgan fingerprint density at radius 1 is 1.50 bits per heavy atom. The molecule has 1 N–H and O–H groups in total. The second-order valence-corrected chi connectivity index (χ2v) is 4.28. The van der Waals surface area contributed by atoms with Gasteiger partial charge in [-0.25, -0.2) is 0 Å². The average molecular weight is 297 g/mol. The Balaban J connectivity index is 2.75. The molecule has 2 nitrogen and oxygen atoms in total. The number of carbonyl (C=O) groups excluding carboxylic acids is 1. The van der Waals surface area contributed by atoms with Gasteiger partial charge in [0.2, 0.25) is 5.91 Å². The standard InChI is InChI=1S/C9H8BrCl2NO/c10-7-2-1-6(12)5-8(7)13-9(14)3-4-11/h1-2,5H,3-4H2,(H,13,14). The highest BCUT2D eigenvalue weighted by atomic mass is 79.9. The molecule has 0 spiro atoms. The maximum atomic E-state index is 11.2. The number of anilines is 1. The van der Waals surface area contributed by atoms with E-state index in [4.69, 9.17) is 23.2 Å². The Labute approximate surface area is 101 Å². The molecule has 0 fully saturated rings. The third-order valence-electron chi connectivity index (χ3n) is 1.52. The van der Waals surface area contributed by atoms with Crippen LogP contribution in [0.5, 0.6) is 0 Å². The molecule has 5 heteroatoms. The van der Waals surface area contributed by atoms with Crippen LogP contribution in [0.4, 0.5) is 5.69 Å². The molecule has 0 aromatic heterocycles. The first-order valence-corrected chi connectivity index (χ1v) is 5.65. The van der Waals surface area contributed by atoms with Gasteiger partial charge in [-0.1, -0.05) is 11.6 Å². The summed E-state index contributed by atoms with van der Waals surface area (Å²) in [4.78, 5) is 11.2. The lowest BCUT2D eigenvalue weighted by Crippen LogP contribution is -2.11. The molecule has 0 saturated carbocycles. The van der Waals surface area contributed by atoms with E-state index in [9.17, 15) is 4.79 Å². The Bertz CT molecular complexity index is 344. The zero-order valence-electron chi connectivity index (χ0n) is 7.19. The lowest BCUT2D eigenvalue weighted by molar-refractivity contribution is -0.115. The highest BCUT2D eigenvalue weighted by Crippen LogP contribution is 2.25. The topological polar surface area (TPSA) is 29.1 Å². The minimum absolute atomic E-state index is 0.122. The van der Waals surface area contributed by atoms with E-state index < -0.39 is 0 Å². The molecule has 0 aliphatic carbocycles. The second kappa shape index (κ2) is 5.59. The van der Waals surface area contributed by atoms with E-state index >= 15 is 0 Å². The Morgan fingerprint density at radius 2 is 2.21 bits per heavy atom. The van der Waals surface area contributed by atoms with Crippen LogP contribution in [0.25, 0.3) is 0 Å². The van der Waals surface area contributed by atoms with Gasteiger partial charge in [0.25, 0.3) is 0 Å². The van der Waals surface area contributed by atoms with Crippen LogP contribution >= 0.6 is 39.1 Å². The normalized spacial score (nSPS) is 9.93. The van der Waals surface area contributed by atoms with Crippen LogP contribution in [-0.4, -0.2) is 11.8 Å². The third-order valence-corrected chi connectivity index (χ3v) is 2.64. The number of halogens is 3. The first kappa shape index (κ1) is 11.8. The van der Waals surface area contributed by atoms with E-state index in [-0.39, 0.29) is 5.91 Å². The third kappa shape index (κ3) is 3.48. The molecule has 14 heavy (non-hydrogen) atoms. The number of hydrogen-bond donors (Lipinski definition) is 1. The molecule has 0 heterocycles. The monoisotopic (exact) mass is 295 g/mol. The summed E-state index contributed by atoms with van der Waals surface area (Å²) < 4.78 is 0.796. The number of carbonyl (C=O) groups is 1. The van der Waals surface area contributed by atoms with Gasteiger partial charge >= 0.3 is 0 Å². The molecule has 76 valence electrons. The average Bonchev–Trinajstić information content (AvgIpc) is 2.12. The van der Waals surface area contributed by atoms with Crippen molar-refractivity contribution in [1.29, 1.82) is 0 Å². The summed E-state index contributed by atoms with van der Waals surface area (Å²) in [5.41, 5.74) is 0.660. The number of hydrogen-bond acceptors (Lipinski definition) is 1. The molecule has 0 saturated heterocycles. The number of nitrogens with one attached hydrogen (secondary N) is 1. The van der Waals surface area contributed by atoms with Crippen molar-refractivity contribution in [2.24, 2.45) is 0 Å². The van der Waals surface area contributed by atoms with Crippen LogP contribution in [0.1, 0.15) is 6.42 Å². The summed E-state index contributed by atoms with van der Waals surface area (Å²) in [6, 6.07) is 5.19. The summed E-state index contributed by atoms with van der Waals surface area (Å²) in [7, 11) is 0. The molecule has 0 aliphatic heterocycles. The Morgan fingerprint density at radius 3 is 2.86 bits per heavy atom. The molecular weight excluding hydrogens is 289 g/mol. The molecular formula is C9H8BrCl2NO. The maximum Gasteiger partial charge on any atom is 0.225 e. The van der Waals surface area contributed by atoms with Gasteiger partial charge in [0, 0.05) is 21.8 Å². The van der Waals surface area contributed by atoms with Crippen molar-refractivity contribution in [3.05, 3.63) is 27.7 Å². The predicted octanol–water partition coefficient (Wildman–Crippen LogP) is 3.67. The largest absolute Gasteiger partial charge is 0.325 e. The fourth-order valence-electron chi connectivity index (χ4n) is 0.892. The van der Waals surface area contributed by atoms with Crippen molar-refractivity contribution < 1.29 is 4.79 Å². The fourth-order valence-corrected chi connectivity index (χ4v) is 1.58. The van der Waals surface area contributed by atoms with Gasteiger partial charge in [0.15, 0.2) is 0 Å². The molecule has 1 rings (SSSR count). The summed E-state index contributed by atoms with van der Waals surface area (Å²) in [6.45, 7) is 0. The quantitative estimate of drug-likeness (QED) is 0.847. The first-order valence-electron chi connectivity index (χ1n) is 3.94. The minimum atomic E-state index is -0.122. The van der Waals surface area contributed by atoms with Crippen molar-refractivity contribution in [3.8, 4) is 0 Å². The van der Waals surface area contributed by atoms with Crippen molar-refractivity contribution in [3.63, 3.8) is 0 Å². The molecule has 0 atom stereocenters. The van der Waals surface area contributed by atoms with E-state index in [1.54, 1.807) is 18.2 Å². The van der Waals surface area contributed by atoms with Crippen molar-refractivity contribution >= 4 is 50.7 Å². The summed E-state index contributed by atoms with van der Waals surface area (Å²) in [6.07, 6.45) is 0.292. The predicted molar refractivity (Wildman–Crippen MR) is 63.1 cm³/mol. The van der Waals surface area contributed by atoms with E-state index in [1.807, 2.05) is 0 Å². The smallest absolute Gasteiger partial charge is 0.225 e. The van der Waals surface area contributed by atoms with E-state index in [0.29, 0.717) is 23.0 Å². The van der Waals surface area contributed by atoms with Gasteiger partial charge in [-0.2, -0.15) is 0 Å². The molecule has 1 aromatic carbocycles. The van der Waals surface area contributed by atoms with Crippen LogP contribution in [0, 0.1) is 0 Å². The molecule has 0 unspecified atom stereocenters. The lowest BCUT2D eigenvalue weighted by atomic mass is 10.3. The van der Waals surface area contributed by atoms with E-state index in [0.717, 1.165) is 4.47 Å². The second-order valence-electron chi connectivity index (χ2n) is 2.61. The van der Waals surface area contributed by atoms with Crippen LogP contribution in [-0.2, 0) is 4.79 Å². The number of benzene rings is 1. The van der Waals surface area contributed by atoms with Crippen LogP contribution < -0.4 is 5.32 Å². The number of rotatable bonds is 3. The highest BCUT2D eigenvalue weighted by molar-refractivity contribution is 9.10. The van der Waals surface area contributed by atoms with Gasteiger partial charge in [0.1, 0.15) is 0 Å². The minimum Gasteiger partial charge on any atom is -0.325 e. The Hall–Kier alpha value is -0.250. The van der Waals surface area contributed by atoms with Crippen molar-refractivity contribution in [2.45, 2.75) is 6.42 Å². The lowest BCUT2D eigenvalue weighted by Gasteiger charge is -2.06. The maximum absolute atomic E-state index is 11.2. The molecule has 0 radical (unpaired) electrons. The molecule has 0 aliphatic rings. The zero-order valence-corrected chi connectivity index (χ0v) is 10.3. The van der Waals surface area contributed by atoms with Crippen molar-refractivity contribution in [1.82, 2.24) is 0 Å². The Kier molecular flexibility index (Phi) is 4.72. The number of amides is 1. The molecule has 1 amide bonds. The summed E-state index contributed by atoms with van der Waals surface area (Å²) in [5, 5.41) is 3.28. The van der Waals surface area contributed by atoms with Crippen LogP contribution in [0.3, 0.4) is 0 Å². The summed E-state index contributed by atoms with van der Waals surface area (Å²) in [5.74, 6) is 0.187. The van der Waals surface area contributed by atoms with E-state index in [2.05, 4.69) is 21.2 Å². The SMILES string of the molecule is O=C(CCCl)Nc1cc(Cl)ccc1Br. The van der Waals surface area contributed by atoms with Crippen LogP contribution in [0.2, 0.25) is 5.02 Å². The summed E-state index contributed by atoms with van der Waals surface area (Å²) >= 11 is 14.5. The van der Waals surface area contributed by atoms with Gasteiger partial charge in [-0.05, 0) is 34.1 Å². The van der Waals surface area contributed by atoms with E-state index in [1.165, 1.54) is 0 Å². The fraction of sp³-hybridized carbons (Fsp3) is 0.222. The van der Waals surface area contributed by atoms with Crippen molar-refractivity contribution in [2.75, 3.05) is 11.2 Å². The molecule has 0 bridgehead atoms. The molecule has 1 aromatic rings. The van der Waals surface area contributed by atoms with Gasteiger partial charge in [-0.15, -0.1) is 11.6 Å². The first-order chi connectivity index (χ1) is 6.63. The van der Waals surface area contributed by atoms with Gasteiger partial charge in [-0.3, -0.25) is 4.79 Å². The van der Waals surface area contributed by atoms with Crippen LogP contribution in [0.15, 0.2) is 22.7 Å². The van der Waals surface area contributed by atoms with Gasteiger partial charge in [0.05, 0.1) is 5.69 Å². The highest BCUT2D eigenvalue weighted by Gasteiger charge is 2.05. The number of alkyl halides is 1. The van der Waals surface area contributed by atoms with Gasteiger partial charge < -0.3 is 5.32 Å².